The first kappa shape index (κ1) is 12.8. The van der Waals surface area contributed by atoms with Gasteiger partial charge in [-0.05, 0) is 23.9 Å². The normalized spacial score (nSPS) is 10.9. The molecule has 0 atom stereocenters. The third-order valence-corrected chi connectivity index (χ3v) is 3.66. The van der Waals surface area contributed by atoms with Crippen LogP contribution in [-0.4, -0.2) is 26.3 Å². The van der Waals surface area contributed by atoms with Crippen LogP contribution in [0.1, 0.15) is 5.56 Å². The summed E-state index contributed by atoms with van der Waals surface area (Å²) in [5.74, 6) is 6.59. The van der Waals surface area contributed by atoms with Crippen LogP contribution in [0.3, 0.4) is 0 Å². The van der Waals surface area contributed by atoms with Crippen LogP contribution in [0.25, 0.3) is 10.2 Å². The minimum absolute atomic E-state index is 0.414. The lowest BCUT2D eigenvalue weighted by molar-refractivity contribution is 0.637. The lowest BCUT2D eigenvalue weighted by atomic mass is 10.4. The van der Waals surface area contributed by atoms with Crippen LogP contribution in [0.15, 0.2) is 23.8 Å². The molecule has 3 aromatic rings. The summed E-state index contributed by atoms with van der Waals surface area (Å²) in [7, 11) is 0. The molecular formula is C12H15N7S. The summed E-state index contributed by atoms with van der Waals surface area (Å²) >= 11 is 1.56. The summed E-state index contributed by atoms with van der Waals surface area (Å²) in [6, 6.07) is 2.00. The Morgan fingerprint density at radius 2 is 2.30 bits per heavy atom. The van der Waals surface area contributed by atoms with Crippen molar-refractivity contribution in [2.24, 2.45) is 5.84 Å². The minimum atomic E-state index is 0.414. The third-order valence-electron chi connectivity index (χ3n) is 2.85. The molecule has 0 aliphatic rings. The highest BCUT2D eigenvalue weighted by atomic mass is 32.1. The van der Waals surface area contributed by atoms with E-state index < -0.39 is 0 Å². The number of nitrogen functional groups attached to an aromatic ring is 1. The number of nitrogens with zero attached hydrogens (tertiary/aromatic N) is 4. The van der Waals surface area contributed by atoms with Crippen LogP contribution >= 0.6 is 11.3 Å². The van der Waals surface area contributed by atoms with Crippen LogP contribution in [-0.2, 0) is 6.54 Å². The monoisotopic (exact) mass is 289 g/mol. The maximum Gasteiger partial charge on any atom is 0.240 e. The molecule has 0 radical (unpaired) electrons. The first-order valence-electron chi connectivity index (χ1n) is 6.21. The number of hydrogen-bond acceptors (Lipinski definition) is 7. The summed E-state index contributed by atoms with van der Waals surface area (Å²) in [6.07, 6.45) is 3.85. The molecule has 0 saturated carbocycles. The van der Waals surface area contributed by atoms with Gasteiger partial charge in [-0.25, -0.2) is 10.8 Å². The first-order chi connectivity index (χ1) is 9.76. The van der Waals surface area contributed by atoms with E-state index in [0.717, 1.165) is 34.7 Å². The molecule has 104 valence electrons. The van der Waals surface area contributed by atoms with E-state index in [2.05, 4.69) is 25.8 Å². The Morgan fingerprint density at radius 3 is 3.05 bits per heavy atom. The van der Waals surface area contributed by atoms with Gasteiger partial charge in [0.15, 0.2) is 0 Å². The van der Waals surface area contributed by atoms with E-state index in [1.54, 1.807) is 11.3 Å². The van der Waals surface area contributed by atoms with E-state index in [4.69, 9.17) is 5.84 Å². The van der Waals surface area contributed by atoms with Crippen molar-refractivity contribution in [2.75, 3.05) is 17.3 Å². The summed E-state index contributed by atoms with van der Waals surface area (Å²) in [4.78, 5) is 9.55. The Morgan fingerprint density at radius 1 is 1.40 bits per heavy atom. The van der Waals surface area contributed by atoms with Gasteiger partial charge in [0.05, 0.1) is 18.1 Å². The lowest BCUT2D eigenvalue weighted by Gasteiger charge is -2.08. The lowest BCUT2D eigenvalue weighted by Crippen LogP contribution is -2.14. The zero-order valence-electron chi connectivity index (χ0n) is 11.0. The van der Waals surface area contributed by atoms with Crippen molar-refractivity contribution >= 4 is 33.3 Å². The van der Waals surface area contributed by atoms with Crippen LogP contribution in [0.4, 0.5) is 11.8 Å². The molecule has 0 saturated heterocycles. The molecule has 0 unspecified atom stereocenters. The van der Waals surface area contributed by atoms with Crippen LogP contribution < -0.4 is 16.6 Å². The second-order valence-corrected chi connectivity index (χ2v) is 5.28. The van der Waals surface area contributed by atoms with Crippen molar-refractivity contribution in [1.82, 2.24) is 19.7 Å². The Bertz CT molecular complexity index is 717. The molecule has 0 spiro atoms. The number of nitrogens with two attached hydrogens (primary N) is 1. The number of hydrogen-bond donors (Lipinski definition) is 3. The van der Waals surface area contributed by atoms with Crippen molar-refractivity contribution in [3.63, 3.8) is 0 Å². The van der Waals surface area contributed by atoms with Crippen molar-refractivity contribution < 1.29 is 0 Å². The molecule has 4 N–H and O–H groups in total. The number of anilines is 2. The fourth-order valence-electron chi connectivity index (χ4n) is 1.93. The first-order valence-corrected chi connectivity index (χ1v) is 7.09. The topological polar surface area (TPSA) is 93.7 Å². The summed E-state index contributed by atoms with van der Waals surface area (Å²) in [5.41, 5.74) is 3.64. The van der Waals surface area contributed by atoms with Crippen molar-refractivity contribution in [2.45, 2.75) is 13.5 Å². The summed E-state index contributed by atoms with van der Waals surface area (Å²) in [5, 5.41) is 10.5. The molecule has 3 heterocycles. The van der Waals surface area contributed by atoms with E-state index >= 15 is 0 Å². The van der Waals surface area contributed by atoms with Gasteiger partial charge >= 0.3 is 0 Å². The largest absolute Gasteiger partial charge is 0.368 e. The van der Waals surface area contributed by atoms with E-state index in [1.807, 2.05) is 35.4 Å². The highest BCUT2D eigenvalue weighted by molar-refractivity contribution is 7.16. The standard InChI is InChI=1S/C12H15N7S/c1-8-6-15-19(7-8)4-3-14-10-9-2-5-20-11(9)17-12(16-10)18-13/h2,5-7H,3-4,13H2,1H3,(H2,14,16,17,18). The molecule has 20 heavy (non-hydrogen) atoms. The van der Waals surface area contributed by atoms with Crippen molar-refractivity contribution in [3.8, 4) is 0 Å². The van der Waals surface area contributed by atoms with Gasteiger partial charge in [0.25, 0.3) is 0 Å². The SMILES string of the molecule is Cc1cnn(CCNc2nc(NN)nc3sccc23)c1. The average molecular weight is 289 g/mol. The molecule has 0 bridgehead atoms. The predicted molar refractivity (Wildman–Crippen MR) is 80.7 cm³/mol. The smallest absolute Gasteiger partial charge is 0.240 e. The van der Waals surface area contributed by atoms with Crippen molar-refractivity contribution in [3.05, 3.63) is 29.4 Å². The molecule has 0 aliphatic carbocycles. The molecule has 3 rings (SSSR count). The second-order valence-electron chi connectivity index (χ2n) is 4.39. The van der Waals surface area contributed by atoms with E-state index in [0.29, 0.717) is 5.95 Å². The number of hydrazine groups is 1. The quantitative estimate of drug-likeness (QED) is 0.488. The van der Waals surface area contributed by atoms with Crippen molar-refractivity contribution in [1.29, 1.82) is 0 Å². The summed E-state index contributed by atoms with van der Waals surface area (Å²) < 4.78 is 1.90. The predicted octanol–water partition coefficient (Wildman–Crippen LogP) is 1.59. The van der Waals surface area contributed by atoms with Gasteiger partial charge in [0.1, 0.15) is 10.6 Å². The fourth-order valence-corrected chi connectivity index (χ4v) is 2.70. The molecule has 0 aliphatic heterocycles. The van der Waals surface area contributed by atoms with Gasteiger partial charge in [-0.15, -0.1) is 11.3 Å². The van der Waals surface area contributed by atoms with Gasteiger partial charge in [-0.3, -0.25) is 10.1 Å². The van der Waals surface area contributed by atoms with Gasteiger partial charge in [-0.2, -0.15) is 10.1 Å². The van der Waals surface area contributed by atoms with Gasteiger partial charge in [-0.1, -0.05) is 0 Å². The number of thiophene rings is 1. The molecule has 0 fully saturated rings. The zero-order chi connectivity index (χ0) is 13.9. The number of nitrogens with one attached hydrogen (secondary N) is 2. The number of rotatable bonds is 5. The van der Waals surface area contributed by atoms with E-state index in [-0.39, 0.29) is 0 Å². The highest BCUT2D eigenvalue weighted by Crippen LogP contribution is 2.25. The minimum Gasteiger partial charge on any atom is -0.368 e. The summed E-state index contributed by atoms with van der Waals surface area (Å²) in [6.45, 7) is 3.53. The molecule has 3 aromatic heterocycles. The molecule has 8 heteroatoms. The average Bonchev–Trinajstić information content (AvgIpc) is 3.07. The number of fused-ring (bicyclic) bond motifs is 1. The number of aryl methyl sites for hydroxylation is 1. The van der Waals surface area contributed by atoms with Gasteiger partial charge < -0.3 is 5.32 Å². The Kier molecular flexibility index (Phi) is 3.48. The molecule has 7 nitrogen and oxygen atoms in total. The Balaban J connectivity index is 1.74. The van der Waals surface area contributed by atoms with Crippen LogP contribution in [0.2, 0.25) is 0 Å². The highest BCUT2D eigenvalue weighted by Gasteiger charge is 2.07. The fraction of sp³-hybridized carbons (Fsp3) is 0.250. The molecular weight excluding hydrogens is 274 g/mol. The third kappa shape index (κ3) is 2.56. The maximum atomic E-state index is 5.39. The Labute approximate surface area is 119 Å². The Hall–Kier alpha value is -2.19. The second kappa shape index (κ2) is 5.43. The molecule has 0 aromatic carbocycles. The van der Waals surface area contributed by atoms with Gasteiger partial charge in [0.2, 0.25) is 5.95 Å². The maximum absolute atomic E-state index is 5.39. The zero-order valence-corrected chi connectivity index (χ0v) is 11.8. The van der Waals surface area contributed by atoms with E-state index in [1.165, 1.54) is 0 Å². The van der Waals surface area contributed by atoms with E-state index in [9.17, 15) is 0 Å². The van der Waals surface area contributed by atoms with Gasteiger partial charge in [0, 0.05) is 12.7 Å². The van der Waals surface area contributed by atoms with Crippen LogP contribution in [0.5, 0.6) is 0 Å². The van der Waals surface area contributed by atoms with Crippen LogP contribution in [0, 0.1) is 6.92 Å². The number of aromatic nitrogens is 4. The molecule has 0 amide bonds.